The van der Waals surface area contributed by atoms with Gasteiger partial charge in [0, 0.05) is 49.5 Å². The highest BCUT2D eigenvalue weighted by atomic mass is 35.5. The Balaban J connectivity index is 1.83. The molecule has 2 aromatic rings. The number of anilines is 1. The Hall–Kier alpha value is -2.46. The molecule has 1 aliphatic heterocycles. The van der Waals surface area contributed by atoms with Crippen molar-refractivity contribution < 1.29 is 19.4 Å². The molecule has 4 N–H and O–H groups in total. The first kappa shape index (κ1) is 25.2. The molecule has 9 nitrogen and oxygen atoms in total. The molecular weight excluding hydrogens is 446 g/mol. The fourth-order valence-electron chi connectivity index (χ4n) is 3.71. The maximum Gasteiger partial charge on any atom is 0.272 e. The molecule has 1 amide bonds. The normalized spacial score (nSPS) is 15.3. The highest BCUT2D eigenvalue weighted by molar-refractivity contribution is 6.31. The van der Waals surface area contributed by atoms with Crippen LogP contribution in [-0.2, 0) is 4.74 Å². The highest BCUT2D eigenvalue weighted by Gasteiger charge is 2.24. The van der Waals surface area contributed by atoms with E-state index in [1.165, 1.54) is 0 Å². The molecule has 33 heavy (non-hydrogen) atoms. The van der Waals surface area contributed by atoms with E-state index in [9.17, 15) is 9.90 Å². The Bertz CT molecular complexity index is 968. The number of amides is 1. The van der Waals surface area contributed by atoms with E-state index in [1.807, 2.05) is 0 Å². The molecule has 10 heteroatoms. The molecule has 1 fully saturated rings. The van der Waals surface area contributed by atoms with E-state index in [0.29, 0.717) is 40.9 Å². The maximum absolute atomic E-state index is 13.2. The second-order valence-electron chi connectivity index (χ2n) is 8.35. The minimum atomic E-state index is -0.667. The zero-order valence-corrected chi connectivity index (χ0v) is 20.1. The van der Waals surface area contributed by atoms with E-state index in [2.05, 4.69) is 15.3 Å². The van der Waals surface area contributed by atoms with Crippen LogP contribution >= 0.6 is 11.6 Å². The number of halogens is 1. The van der Waals surface area contributed by atoms with Gasteiger partial charge >= 0.3 is 0 Å². The summed E-state index contributed by atoms with van der Waals surface area (Å²) in [4.78, 5) is 23.8. The van der Waals surface area contributed by atoms with Gasteiger partial charge in [-0.3, -0.25) is 4.79 Å². The number of aliphatic hydroxyl groups is 1. The SMILES string of the molecule is CNCC(O)COc1cc(Cl)cc(-c2nc(N)c(C)c(C(=O)N(C)CC3CCOCC3)n2)c1. The lowest BCUT2D eigenvalue weighted by atomic mass is 9.99. The van der Waals surface area contributed by atoms with Gasteiger partial charge in [0.25, 0.3) is 5.91 Å². The number of hydrogen-bond donors (Lipinski definition) is 3. The minimum Gasteiger partial charge on any atom is -0.491 e. The van der Waals surface area contributed by atoms with Crippen molar-refractivity contribution in [2.45, 2.75) is 25.9 Å². The lowest BCUT2D eigenvalue weighted by Gasteiger charge is -2.27. The van der Waals surface area contributed by atoms with Crippen LogP contribution in [0.2, 0.25) is 5.02 Å². The predicted octanol–water partition coefficient (Wildman–Crippen LogP) is 2.15. The Morgan fingerprint density at radius 3 is 2.79 bits per heavy atom. The summed E-state index contributed by atoms with van der Waals surface area (Å²) in [6.07, 6.45) is 1.20. The predicted molar refractivity (Wildman–Crippen MR) is 128 cm³/mol. The molecular formula is C23H32ClN5O4. The maximum atomic E-state index is 13.2. The van der Waals surface area contributed by atoms with Gasteiger partial charge < -0.3 is 30.5 Å². The van der Waals surface area contributed by atoms with Crippen molar-refractivity contribution in [1.82, 2.24) is 20.2 Å². The summed E-state index contributed by atoms with van der Waals surface area (Å²) in [5.74, 6) is 1.17. The molecule has 0 saturated carbocycles. The van der Waals surface area contributed by atoms with Gasteiger partial charge in [-0.1, -0.05) is 11.6 Å². The van der Waals surface area contributed by atoms with E-state index in [4.69, 9.17) is 26.8 Å². The third-order valence-electron chi connectivity index (χ3n) is 5.62. The Kier molecular flexibility index (Phi) is 8.85. The summed E-state index contributed by atoms with van der Waals surface area (Å²) in [6, 6.07) is 5.03. The fraction of sp³-hybridized carbons (Fsp3) is 0.522. The Labute approximate surface area is 199 Å². The van der Waals surface area contributed by atoms with Gasteiger partial charge in [-0.25, -0.2) is 9.97 Å². The van der Waals surface area contributed by atoms with Gasteiger partial charge in [0.1, 0.15) is 30.0 Å². The number of nitrogen functional groups attached to an aromatic ring is 1. The fourth-order valence-corrected chi connectivity index (χ4v) is 3.94. The van der Waals surface area contributed by atoms with E-state index >= 15 is 0 Å². The molecule has 3 rings (SSSR count). The quantitative estimate of drug-likeness (QED) is 0.502. The summed E-state index contributed by atoms with van der Waals surface area (Å²) in [5, 5.41) is 13.2. The Morgan fingerprint density at radius 2 is 2.09 bits per heavy atom. The molecule has 0 radical (unpaired) electrons. The van der Waals surface area contributed by atoms with Crippen LogP contribution in [-0.4, -0.2) is 79.0 Å². The number of benzene rings is 1. The molecule has 180 valence electrons. The van der Waals surface area contributed by atoms with Crippen LogP contribution in [0.1, 0.15) is 28.9 Å². The molecule has 1 aliphatic rings. The molecule has 0 aliphatic carbocycles. The number of carbonyl (C=O) groups is 1. The summed E-state index contributed by atoms with van der Waals surface area (Å²) in [6.45, 7) is 4.31. The van der Waals surface area contributed by atoms with Crippen LogP contribution in [0.4, 0.5) is 5.82 Å². The van der Waals surface area contributed by atoms with Crippen molar-refractivity contribution in [1.29, 1.82) is 0 Å². The summed E-state index contributed by atoms with van der Waals surface area (Å²) >= 11 is 6.28. The van der Waals surface area contributed by atoms with E-state index in [-0.39, 0.29) is 29.9 Å². The monoisotopic (exact) mass is 477 g/mol. The standard InChI is InChI=1S/C23H32ClN5O4/c1-14-20(23(31)29(3)12-15-4-6-32-7-5-15)27-22(28-21(14)25)16-8-17(24)10-19(9-16)33-13-18(30)11-26-2/h8-10,15,18,26,30H,4-7,11-13H2,1-3H3,(H2,25,27,28). The number of nitrogens with one attached hydrogen (secondary N) is 1. The zero-order valence-electron chi connectivity index (χ0n) is 19.3. The molecule has 1 unspecified atom stereocenters. The number of ether oxygens (including phenoxy) is 2. The first-order valence-corrected chi connectivity index (χ1v) is 11.4. The second-order valence-corrected chi connectivity index (χ2v) is 8.78. The Morgan fingerprint density at radius 1 is 1.36 bits per heavy atom. The van der Waals surface area contributed by atoms with Gasteiger partial charge in [-0.15, -0.1) is 0 Å². The second kappa shape index (κ2) is 11.6. The number of nitrogens with two attached hydrogens (primary N) is 1. The largest absolute Gasteiger partial charge is 0.491 e. The number of carbonyl (C=O) groups excluding carboxylic acids is 1. The lowest BCUT2D eigenvalue weighted by molar-refractivity contribution is 0.0495. The van der Waals surface area contributed by atoms with Crippen molar-refractivity contribution >= 4 is 23.3 Å². The number of rotatable bonds is 9. The lowest BCUT2D eigenvalue weighted by Crippen LogP contribution is -2.35. The number of aliphatic hydroxyl groups excluding tert-OH is 1. The van der Waals surface area contributed by atoms with E-state index < -0.39 is 6.10 Å². The van der Waals surface area contributed by atoms with Crippen LogP contribution < -0.4 is 15.8 Å². The smallest absolute Gasteiger partial charge is 0.272 e. The van der Waals surface area contributed by atoms with Crippen LogP contribution in [0.15, 0.2) is 18.2 Å². The number of hydrogen-bond acceptors (Lipinski definition) is 8. The van der Waals surface area contributed by atoms with Gasteiger partial charge in [-0.05, 0) is 50.9 Å². The molecule has 1 saturated heterocycles. The van der Waals surface area contributed by atoms with Crippen molar-refractivity contribution in [3.63, 3.8) is 0 Å². The van der Waals surface area contributed by atoms with Gasteiger partial charge in [0.05, 0.1) is 0 Å². The molecule has 1 aromatic carbocycles. The first-order chi connectivity index (χ1) is 15.8. The summed E-state index contributed by atoms with van der Waals surface area (Å²) < 4.78 is 11.1. The summed E-state index contributed by atoms with van der Waals surface area (Å²) in [5.41, 5.74) is 7.51. The van der Waals surface area contributed by atoms with Crippen LogP contribution in [0.3, 0.4) is 0 Å². The van der Waals surface area contributed by atoms with Crippen molar-refractivity contribution in [3.8, 4) is 17.1 Å². The van der Waals surface area contributed by atoms with Gasteiger partial charge in [-0.2, -0.15) is 0 Å². The average molecular weight is 478 g/mol. The van der Waals surface area contributed by atoms with E-state index in [1.54, 1.807) is 44.1 Å². The molecule has 1 atom stereocenters. The van der Waals surface area contributed by atoms with E-state index in [0.717, 1.165) is 26.1 Å². The van der Waals surface area contributed by atoms with Crippen LogP contribution in [0.25, 0.3) is 11.4 Å². The third kappa shape index (κ3) is 6.77. The van der Waals surface area contributed by atoms with Crippen LogP contribution in [0, 0.1) is 12.8 Å². The number of nitrogens with zero attached hydrogens (tertiary/aromatic N) is 3. The van der Waals surface area contributed by atoms with Crippen molar-refractivity contribution in [2.75, 3.05) is 52.7 Å². The molecule has 0 bridgehead atoms. The van der Waals surface area contributed by atoms with Crippen molar-refractivity contribution in [3.05, 3.63) is 34.5 Å². The van der Waals surface area contributed by atoms with Crippen LogP contribution in [0.5, 0.6) is 5.75 Å². The first-order valence-electron chi connectivity index (χ1n) is 11.0. The molecule has 2 heterocycles. The zero-order chi connectivity index (χ0) is 24.0. The molecule has 0 spiro atoms. The van der Waals surface area contributed by atoms with Gasteiger partial charge in [0.2, 0.25) is 0 Å². The van der Waals surface area contributed by atoms with Crippen molar-refractivity contribution in [2.24, 2.45) is 5.92 Å². The highest BCUT2D eigenvalue weighted by Crippen LogP contribution is 2.29. The third-order valence-corrected chi connectivity index (χ3v) is 5.84. The summed E-state index contributed by atoms with van der Waals surface area (Å²) in [7, 11) is 3.52. The van der Waals surface area contributed by atoms with Gasteiger partial charge in [0.15, 0.2) is 5.82 Å². The average Bonchev–Trinajstić information content (AvgIpc) is 2.79. The number of aromatic nitrogens is 2. The number of likely N-dealkylation sites (N-methyl/N-ethyl adjacent to an activating group) is 1. The minimum absolute atomic E-state index is 0.0955. The molecule has 1 aromatic heterocycles. The topological polar surface area (TPSA) is 123 Å².